The summed E-state index contributed by atoms with van der Waals surface area (Å²) in [4.78, 5) is 14.9. The molecule has 0 aromatic carbocycles. The maximum Gasteiger partial charge on any atom is 0.407 e. The number of amides is 1. The van der Waals surface area contributed by atoms with Crippen LogP contribution in [0, 0.1) is 0 Å². The van der Waals surface area contributed by atoms with Gasteiger partial charge >= 0.3 is 6.09 Å². The fourth-order valence-corrected chi connectivity index (χ4v) is 4.32. The summed E-state index contributed by atoms with van der Waals surface area (Å²) in [7, 11) is 1.38. The number of carbonyl (C=O) groups excluding carboxylic acids is 1. The molecule has 20 heavy (non-hydrogen) atoms. The fraction of sp³-hybridized carbons (Fsp3) is 0.615. The van der Waals surface area contributed by atoms with Crippen molar-refractivity contribution in [3.8, 4) is 0 Å². The zero-order valence-corrected chi connectivity index (χ0v) is 14.0. The predicted octanol–water partition coefficient (Wildman–Crippen LogP) is 2.33. The van der Waals surface area contributed by atoms with Crippen molar-refractivity contribution in [2.24, 2.45) is 5.73 Å². The van der Waals surface area contributed by atoms with Crippen molar-refractivity contribution in [1.82, 2.24) is 10.2 Å². The van der Waals surface area contributed by atoms with Gasteiger partial charge in [0.15, 0.2) is 0 Å². The molecule has 1 aliphatic heterocycles. The Morgan fingerprint density at radius 2 is 2.40 bits per heavy atom. The molecule has 0 saturated carbocycles. The van der Waals surface area contributed by atoms with Gasteiger partial charge in [-0.05, 0) is 41.4 Å². The van der Waals surface area contributed by atoms with Gasteiger partial charge < -0.3 is 15.8 Å². The lowest BCUT2D eigenvalue weighted by molar-refractivity contribution is 0.164. The highest BCUT2D eigenvalue weighted by molar-refractivity contribution is 9.11. The van der Waals surface area contributed by atoms with Crippen LogP contribution in [-0.4, -0.2) is 43.3 Å². The number of halogens is 1. The second kappa shape index (κ2) is 6.89. The van der Waals surface area contributed by atoms with E-state index in [9.17, 15) is 4.79 Å². The zero-order chi connectivity index (χ0) is 14.7. The molecule has 0 bridgehead atoms. The zero-order valence-electron chi connectivity index (χ0n) is 11.6. The third-order valence-corrected chi connectivity index (χ3v) is 5.20. The summed E-state index contributed by atoms with van der Waals surface area (Å²) in [5.74, 6) is 0. The third-order valence-electron chi connectivity index (χ3n) is 3.50. The Labute approximate surface area is 131 Å². The van der Waals surface area contributed by atoms with Gasteiger partial charge in [-0.15, -0.1) is 11.3 Å². The quantitative estimate of drug-likeness (QED) is 0.863. The topological polar surface area (TPSA) is 67.6 Å². The van der Waals surface area contributed by atoms with Crippen molar-refractivity contribution in [3.05, 3.63) is 20.8 Å². The van der Waals surface area contributed by atoms with E-state index in [0.717, 1.165) is 23.3 Å². The SMILES string of the molecule is COC(=O)NC1CCN(C(c2ccc(Br)s2)C(C)N)C1. The molecule has 0 radical (unpaired) electrons. The van der Waals surface area contributed by atoms with Gasteiger partial charge in [0.1, 0.15) is 0 Å². The summed E-state index contributed by atoms with van der Waals surface area (Å²) in [6, 6.07) is 4.53. The van der Waals surface area contributed by atoms with E-state index in [1.807, 2.05) is 6.92 Å². The van der Waals surface area contributed by atoms with Crippen LogP contribution in [0.5, 0.6) is 0 Å². The van der Waals surface area contributed by atoms with Gasteiger partial charge in [0, 0.05) is 30.1 Å². The van der Waals surface area contributed by atoms with E-state index in [2.05, 4.69) is 43.0 Å². The molecular formula is C13H20BrN3O2S. The highest BCUT2D eigenvalue weighted by Crippen LogP contribution is 2.34. The van der Waals surface area contributed by atoms with Crippen molar-refractivity contribution in [2.45, 2.75) is 31.5 Å². The smallest absolute Gasteiger partial charge is 0.407 e. The van der Waals surface area contributed by atoms with Gasteiger partial charge in [-0.25, -0.2) is 4.79 Å². The first-order valence-electron chi connectivity index (χ1n) is 6.60. The van der Waals surface area contributed by atoms with Crippen LogP contribution in [0.1, 0.15) is 24.3 Å². The van der Waals surface area contributed by atoms with Crippen LogP contribution in [0.4, 0.5) is 4.79 Å². The second-order valence-corrected chi connectivity index (χ2v) is 7.56. The number of carbonyl (C=O) groups is 1. The van der Waals surface area contributed by atoms with Gasteiger partial charge in [-0.3, -0.25) is 4.90 Å². The Morgan fingerprint density at radius 1 is 1.65 bits per heavy atom. The van der Waals surface area contributed by atoms with Crippen LogP contribution in [0.25, 0.3) is 0 Å². The molecule has 3 unspecified atom stereocenters. The Kier molecular flexibility index (Phi) is 5.42. The monoisotopic (exact) mass is 361 g/mol. The summed E-state index contributed by atoms with van der Waals surface area (Å²) in [5, 5.41) is 2.86. The van der Waals surface area contributed by atoms with Crippen LogP contribution >= 0.6 is 27.3 Å². The molecule has 112 valence electrons. The number of alkyl carbamates (subject to hydrolysis) is 1. The van der Waals surface area contributed by atoms with E-state index in [4.69, 9.17) is 5.73 Å². The highest BCUT2D eigenvalue weighted by atomic mass is 79.9. The standard InChI is InChI=1S/C13H20BrN3O2S/c1-8(15)12(10-3-4-11(14)20-10)17-6-5-9(7-17)16-13(18)19-2/h3-4,8-9,12H,5-7,15H2,1-2H3,(H,16,18). The normalized spacial score (nSPS) is 22.5. The Morgan fingerprint density at radius 3 is 2.95 bits per heavy atom. The largest absolute Gasteiger partial charge is 0.453 e. The molecule has 1 aromatic heterocycles. The van der Waals surface area contributed by atoms with Gasteiger partial charge in [-0.1, -0.05) is 0 Å². The lowest BCUT2D eigenvalue weighted by Gasteiger charge is -2.30. The van der Waals surface area contributed by atoms with Crippen LogP contribution in [0.3, 0.4) is 0 Å². The first-order chi connectivity index (χ1) is 9.51. The molecular weight excluding hydrogens is 342 g/mol. The first kappa shape index (κ1) is 15.8. The summed E-state index contributed by atoms with van der Waals surface area (Å²) in [6.45, 7) is 3.76. The molecule has 1 fully saturated rings. The van der Waals surface area contributed by atoms with Crippen LogP contribution in [0.2, 0.25) is 0 Å². The van der Waals surface area contributed by atoms with E-state index >= 15 is 0 Å². The van der Waals surface area contributed by atoms with E-state index in [0.29, 0.717) is 0 Å². The van der Waals surface area contributed by atoms with Crippen molar-refractivity contribution in [3.63, 3.8) is 0 Å². The summed E-state index contributed by atoms with van der Waals surface area (Å²) in [6.07, 6.45) is 0.554. The Hall–Kier alpha value is -0.630. The molecule has 3 N–H and O–H groups in total. The highest BCUT2D eigenvalue weighted by Gasteiger charge is 2.32. The lowest BCUT2D eigenvalue weighted by Crippen LogP contribution is -2.41. The molecule has 5 nitrogen and oxygen atoms in total. The summed E-state index contributed by atoms with van der Waals surface area (Å²) >= 11 is 5.21. The molecule has 2 rings (SSSR count). The fourth-order valence-electron chi connectivity index (χ4n) is 2.64. The number of hydrogen-bond acceptors (Lipinski definition) is 5. The average molecular weight is 362 g/mol. The van der Waals surface area contributed by atoms with Crippen LogP contribution in [0.15, 0.2) is 15.9 Å². The van der Waals surface area contributed by atoms with E-state index in [1.165, 1.54) is 12.0 Å². The molecule has 1 saturated heterocycles. The molecule has 3 atom stereocenters. The number of methoxy groups -OCH3 is 1. The van der Waals surface area contributed by atoms with Gasteiger partial charge in [0.2, 0.25) is 0 Å². The molecule has 1 aliphatic rings. The summed E-state index contributed by atoms with van der Waals surface area (Å²) < 4.78 is 5.76. The van der Waals surface area contributed by atoms with Crippen molar-refractivity contribution < 1.29 is 9.53 Å². The average Bonchev–Trinajstić information content (AvgIpc) is 2.99. The van der Waals surface area contributed by atoms with Crippen molar-refractivity contribution in [2.75, 3.05) is 20.2 Å². The van der Waals surface area contributed by atoms with E-state index in [-0.39, 0.29) is 24.2 Å². The number of ether oxygens (including phenoxy) is 1. The van der Waals surface area contributed by atoms with Crippen molar-refractivity contribution in [1.29, 1.82) is 0 Å². The van der Waals surface area contributed by atoms with Gasteiger partial charge in [0.25, 0.3) is 0 Å². The number of nitrogens with zero attached hydrogens (tertiary/aromatic N) is 1. The second-order valence-electron chi connectivity index (χ2n) is 5.06. The Balaban J connectivity index is 2.03. The van der Waals surface area contributed by atoms with E-state index in [1.54, 1.807) is 11.3 Å². The number of nitrogens with one attached hydrogen (secondary N) is 1. The number of hydrogen-bond donors (Lipinski definition) is 2. The number of likely N-dealkylation sites (tertiary alicyclic amines) is 1. The van der Waals surface area contributed by atoms with Crippen LogP contribution < -0.4 is 11.1 Å². The Bertz CT molecular complexity index is 466. The molecule has 0 spiro atoms. The minimum Gasteiger partial charge on any atom is -0.453 e. The molecule has 2 heterocycles. The van der Waals surface area contributed by atoms with Crippen molar-refractivity contribution >= 4 is 33.4 Å². The minimum absolute atomic E-state index is 0.0393. The summed E-state index contributed by atoms with van der Waals surface area (Å²) in [5.41, 5.74) is 6.17. The predicted molar refractivity (Wildman–Crippen MR) is 83.9 cm³/mol. The van der Waals surface area contributed by atoms with E-state index < -0.39 is 0 Å². The molecule has 7 heteroatoms. The maximum atomic E-state index is 11.3. The first-order valence-corrected chi connectivity index (χ1v) is 8.21. The molecule has 1 aromatic rings. The van der Waals surface area contributed by atoms with Crippen LogP contribution in [-0.2, 0) is 4.74 Å². The molecule has 0 aliphatic carbocycles. The number of thiophene rings is 1. The maximum absolute atomic E-state index is 11.3. The third kappa shape index (κ3) is 3.72. The number of nitrogens with two attached hydrogens (primary N) is 1. The van der Waals surface area contributed by atoms with Gasteiger partial charge in [0.05, 0.1) is 16.9 Å². The lowest BCUT2D eigenvalue weighted by atomic mass is 10.1. The molecule has 1 amide bonds. The number of rotatable bonds is 4. The van der Waals surface area contributed by atoms with Gasteiger partial charge in [-0.2, -0.15) is 0 Å². The minimum atomic E-state index is -0.368.